The van der Waals surface area contributed by atoms with Crippen LogP contribution in [0.2, 0.25) is 0 Å². The number of nitro benzene ring substituents is 2. The second-order valence-electron chi connectivity index (χ2n) is 6.67. The monoisotopic (exact) mass is 476 g/mol. The number of non-ortho nitro benzene ring substituents is 2. The molecule has 2 atom stereocenters. The van der Waals surface area contributed by atoms with Crippen LogP contribution in [0, 0.1) is 27.2 Å². The van der Waals surface area contributed by atoms with Crippen LogP contribution in [0.25, 0.3) is 0 Å². The van der Waals surface area contributed by atoms with Crippen LogP contribution in [-0.4, -0.2) is 32.9 Å². The van der Waals surface area contributed by atoms with Crippen molar-refractivity contribution in [3.63, 3.8) is 0 Å². The van der Waals surface area contributed by atoms with Gasteiger partial charge in [0.25, 0.3) is 11.4 Å². The summed E-state index contributed by atoms with van der Waals surface area (Å²) in [4.78, 5) is 37.2. The number of benzene rings is 1. The summed E-state index contributed by atoms with van der Waals surface area (Å²) in [6.07, 6.45) is 4.23. The van der Waals surface area contributed by atoms with E-state index in [9.17, 15) is 25.0 Å². The molecule has 0 amide bonds. The first kappa shape index (κ1) is 21.4. The number of carbonyl (C=O) groups is 1. The highest BCUT2D eigenvalue weighted by Crippen LogP contribution is 2.25. The Hall–Kier alpha value is -3.34. The van der Waals surface area contributed by atoms with Gasteiger partial charge in [-0.05, 0) is 53.9 Å². The van der Waals surface area contributed by atoms with Gasteiger partial charge in [0.15, 0.2) is 0 Å². The van der Waals surface area contributed by atoms with E-state index in [1.54, 1.807) is 6.08 Å². The summed E-state index contributed by atoms with van der Waals surface area (Å²) in [6, 6.07) is 6.49. The fourth-order valence-electron chi connectivity index (χ4n) is 2.96. The number of aryl methyl sites for hydroxylation is 1. The lowest BCUT2D eigenvalue weighted by molar-refractivity contribution is -0.394. The molecule has 30 heavy (non-hydrogen) atoms. The summed E-state index contributed by atoms with van der Waals surface area (Å²) in [6.45, 7) is 1.89. The number of hydrogen-bond donors (Lipinski definition) is 1. The van der Waals surface area contributed by atoms with E-state index < -0.39 is 33.3 Å². The van der Waals surface area contributed by atoms with E-state index in [4.69, 9.17) is 4.74 Å². The quantitative estimate of drug-likeness (QED) is 0.281. The van der Waals surface area contributed by atoms with Gasteiger partial charge >= 0.3 is 5.97 Å². The maximum Gasteiger partial charge on any atom is 0.339 e. The van der Waals surface area contributed by atoms with Crippen LogP contribution >= 0.6 is 15.9 Å². The Morgan fingerprint density at radius 1 is 1.13 bits per heavy atom. The Kier molecular flexibility index (Phi) is 6.40. The van der Waals surface area contributed by atoms with Crippen molar-refractivity contribution in [3.8, 4) is 0 Å². The maximum absolute atomic E-state index is 12.4. The Morgan fingerprint density at radius 2 is 1.80 bits per heavy atom. The number of aromatic nitrogens is 1. The first-order chi connectivity index (χ1) is 14.2. The fourth-order valence-corrected chi connectivity index (χ4v) is 3.18. The zero-order valence-electron chi connectivity index (χ0n) is 15.8. The third-order valence-electron chi connectivity index (χ3n) is 4.49. The highest BCUT2D eigenvalue weighted by atomic mass is 79.9. The lowest BCUT2D eigenvalue weighted by Gasteiger charge is -2.24. The number of nitro groups is 2. The molecule has 0 fully saturated rings. The highest BCUT2D eigenvalue weighted by molar-refractivity contribution is 9.10. The van der Waals surface area contributed by atoms with Crippen molar-refractivity contribution in [2.75, 3.05) is 5.32 Å². The normalized spacial score (nSPS) is 17.9. The molecule has 1 aromatic heterocycles. The van der Waals surface area contributed by atoms with Crippen LogP contribution < -0.4 is 5.32 Å². The van der Waals surface area contributed by atoms with Gasteiger partial charge in [0, 0.05) is 22.6 Å². The SMILES string of the molecule is Cc1nc(N[C@@H]2C=C[C@H](OC(=O)c3cc([N+](=O)[O-])cc([N+](=O)[O-])c3)CC2)ccc1Br. The van der Waals surface area contributed by atoms with Crippen LogP contribution in [0.1, 0.15) is 28.9 Å². The van der Waals surface area contributed by atoms with Crippen LogP contribution in [-0.2, 0) is 4.74 Å². The Labute approximate surface area is 179 Å². The Morgan fingerprint density at radius 3 is 2.33 bits per heavy atom. The van der Waals surface area contributed by atoms with Crippen molar-refractivity contribution in [3.05, 3.63) is 78.4 Å². The van der Waals surface area contributed by atoms with Gasteiger partial charge in [-0.15, -0.1) is 0 Å². The average molecular weight is 477 g/mol. The molecule has 11 heteroatoms. The van der Waals surface area contributed by atoms with Crippen molar-refractivity contribution in [2.45, 2.75) is 31.9 Å². The molecule has 0 bridgehead atoms. The van der Waals surface area contributed by atoms with Crippen molar-refractivity contribution in [1.29, 1.82) is 0 Å². The first-order valence-corrected chi connectivity index (χ1v) is 9.75. The topological polar surface area (TPSA) is 138 Å². The smallest absolute Gasteiger partial charge is 0.339 e. The molecule has 0 saturated carbocycles. The standard InChI is InChI=1S/C19H17BrN4O6/c1-11-17(20)6-7-18(21-11)22-13-2-4-16(5-3-13)30-19(25)12-8-14(23(26)27)10-15(9-12)24(28)29/h2,4,6-10,13,16H,3,5H2,1H3,(H,21,22)/t13-,16+/m1/s1. The second-order valence-corrected chi connectivity index (χ2v) is 7.53. The van der Waals surface area contributed by atoms with Gasteiger partial charge in [0.2, 0.25) is 0 Å². The highest BCUT2D eigenvalue weighted by Gasteiger charge is 2.24. The number of hydrogen-bond acceptors (Lipinski definition) is 8. The predicted molar refractivity (Wildman–Crippen MR) is 111 cm³/mol. The Bertz CT molecular complexity index is 1010. The molecule has 0 radical (unpaired) electrons. The number of nitrogens with zero attached hydrogens (tertiary/aromatic N) is 3. The summed E-state index contributed by atoms with van der Waals surface area (Å²) in [5.74, 6) is -0.127. The molecule has 1 heterocycles. The van der Waals surface area contributed by atoms with Crippen molar-refractivity contribution in [2.24, 2.45) is 0 Å². The van der Waals surface area contributed by atoms with Gasteiger partial charge in [0.1, 0.15) is 11.9 Å². The van der Waals surface area contributed by atoms with Crippen molar-refractivity contribution >= 4 is 39.1 Å². The minimum absolute atomic E-state index is 0.00641. The molecule has 0 saturated heterocycles. The molecule has 10 nitrogen and oxygen atoms in total. The molecule has 0 spiro atoms. The molecule has 2 aromatic rings. The number of nitrogens with one attached hydrogen (secondary N) is 1. The second kappa shape index (κ2) is 8.99. The number of esters is 1. The van der Waals surface area contributed by atoms with Crippen molar-refractivity contribution in [1.82, 2.24) is 4.98 Å². The molecular weight excluding hydrogens is 460 g/mol. The van der Waals surface area contributed by atoms with E-state index >= 15 is 0 Å². The summed E-state index contributed by atoms with van der Waals surface area (Å²) >= 11 is 3.40. The van der Waals surface area contributed by atoms with E-state index in [-0.39, 0.29) is 11.6 Å². The fraction of sp³-hybridized carbons (Fsp3) is 0.263. The molecular formula is C19H17BrN4O6. The molecule has 1 aliphatic rings. The third-order valence-corrected chi connectivity index (χ3v) is 5.33. The largest absolute Gasteiger partial charge is 0.455 e. The molecule has 0 unspecified atom stereocenters. The van der Waals surface area contributed by atoms with Gasteiger partial charge in [-0.3, -0.25) is 20.2 Å². The van der Waals surface area contributed by atoms with E-state index in [1.165, 1.54) is 0 Å². The van der Waals surface area contributed by atoms with Gasteiger partial charge in [-0.1, -0.05) is 6.08 Å². The first-order valence-electron chi connectivity index (χ1n) is 8.96. The molecule has 1 aromatic carbocycles. The minimum Gasteiger partial charge on any atom is -0.455 e. The van der Waals surface area contributed by atoms with Crippen LogP contribution in [0.5, 0.6) is 0 Å². The lowest BCUT2D eigenvalue weighted by Crippen LogP contribution is -2.27. The number of halogens is 1. The van der Waals surface area contributed by atoms with Crippen LogP contribution in [0.3, 0.4) is 0 Å². The number of pyridine rings is 1. The van der Waals surface area contributed by atoms with Crippen molar-refractivity contribution < 1.29 is 19.4 Å². The minimum atomic E-state index is -0.854. The van der Waals surface area contributed by atoms with Gasteiger partial charge in [-0.25, -0.2) is 9.78 Å². The van der Waals surface area contributed by atoms with E-state index in [1.807, 2.05) is 25.1 Å². The van der Waals surface area contributed by atoms with E-state index in [2.05, 4.69) is 26.2 Å². The molecule has 1 N–H and O–H groups in total. The van der Waals surface area contributed by atoms with E-state index in [0.29, 0.717) is 12.8 Å². The number of anilines is 1. The summed E-state index contributed by atoms with van der Waals surface area (Å²) < 4.78 is 6.28. The number of ether oxygens (including phenoxy) is 1. The summed E-state index contributed by atoms with van der Waals surface area (Å²) in [7, 11) is 0. The predicted octanol–water partition coefficient (Wildman–Crippen LogP) is 4.33. The van der Waals surface area contributed by atoms with Gasteiger partial charge in [-0.2, -0.15) is 0 Å². The zero-order chi connectivity index (χ0) is 21.8. The maximum atomic E-state index is 12.4. The van der Waals surface area contributed by atoms with Gasteiger partial charge in [0.05, 0.1) is 27.2 Å². The summed E-state index contributed by atoms with van der Waals surface area (Å²) in [5, 5.41) is 25.2. The van der Waals surface area contributed by atoms with Crippen LogP contribution in [0.4, 0.5) is 17.2 Å². The van der Waals surface area contributed by atoms with Crippen LogP contribution in [0.15, 0.2) is 47.0 Å². The van der Waals surface area contributed by atoms with E-state index in [0.717, 1.165) is 34.2 Å². The third kappa shape index (κ3) is 5.17. The Balaban J connectivity index is 1.65. The summed E-state index contributed by atoms with van der Waals surface area (Å²) in [5.41, 5.74) is -0.467. The number of rotatable bonds is 6. The number of carbonyl (C=O) groups excluding carboxylic acids is 1. The molecule has 0 aliphatic heterocycles. The van der Waals surface area contributed by atoms with Gasteiger partial charge < -0.3 is 10.1 Å². The average Bonchev–Trinajstić information content (AvgIpc) is 2.71. The zero-order valence-corrected chi connectivity index (χ0v) is 17.4. The molecule has 1 aliphatic carbocycles. The molecule has 3 rings (SSSR count). The lowest BCUT2D eigenvalue weighted by atomic mass is 10.0. The molecule has 156 valence electrons.